The Labute approximate surface area is 132 Å². The zero-order chi connectivity index (χ0) is 14.8. The number of nitrogen functional groups attached to an aromatic ring is 1. The lowest BCUT2D eigenvalue weighted by Gasteiger charge is -2.10. The van der Waals surface area contributed by atoms with Crippen LogP contribution in [0.5, 0.6) is 5.75 Å². The highest BCUT2D eigenvalue weighted by molar-refractivity contribution is 5.90. The quantitative estimate of drug-likeness (QED) is 0.416. The van der Waals surface area contributed by atoms with Crippen molar-refractivity contribution in [2.45, 2.75) is 26.7 Å². The van der Waals surface area contributed by atoms with Gasteiger partial charge in [-0.25, -0.2) is 4.79 Å². The van der Waals surface area contributed by atoms with Crippen LogP contribution in [0.3, 0.4) is 0 Å². The van der Waals surface area contributed by atoms with E-state index in [1.54, 1.807) is 18.2 Å². The summed E-state index contributed by atoms with van der Waals surface area (Å²) in [5, 5.41) is 3.17. The number of hydrogen-bond acceptors (Lipinski definition) is 5. The summed E-state index contributed by atoms with van der Waals surface area (Å²) < 4.78 is 10.7. The van der Waals surface area contributed by atoms with Crippen molar-refractivity contribution in [1.29, 1.82) is 0 Å². The third-order valence-corrected chi connectivity index (χ3v) is 2.65. The summed E-state index contributed by atoms with van der Waals surface area (Å²) in [6.45, 7) is 6.61. The summed E-state index contributed by atoms with van der Waals surface area (Å²) in [7, 11) is 0. The summed E-state index contributed by atoms with van der Waals surface area (Å²) >= 11 is 0. The molecule has 5 nitrogen and oxygen atoms in total. The smallest absolute Gasteiger partial charge is 0.338 e. The van der Waals surface area contributed by atoms with Crippen molar-refractivity contribution < 1.29 is 14.3 Å². The number of hydrogen-bond donors (Lipinski definition) is 2. The SMILES string of the molecule is CCCNCCOC(=O)c1ccc(N)c(OCCC)c1.Cl. The lowest BCUT2D eigenvalue weighted by molar-refractivity contribution is 0.0508. The molecule has 1 aromatic carbocycles. The molecule has 0 bridgehead atoms. The molecule has 0 saturated heterocycles. The second-order valence-corrected chi connectivity index (χ2v) is 4.49. The Morgan fingerprint density at radius 3 is 2.62 bits per heavy atom. The topological polar surface area (TPSA) is 73.6 Å². The number of anilines is 1. The van der Waals surface area contributed by atoms with E-state index in [0.29, 0.717) is 36.8 Å². The normalized spacial score (nSPS) is 9.81. The molecule has 1 rings (SSSR count). The number of carbonyl (C=O) groups excluding carboxylic acids is 1. The maximum Gasteiger partial charge on any atom is 0.338 e. The molecule has 3 N–H and O–H groups in total. The summed E-state index contributed by atoms with van der Waals surface area (Å²) in [6, 6.07) is 4.94. The monoisotopic (exact) mass is 316 g/mol. The fourth-order valence-corrected chi connectivity index (χ4v) is 1.60. The van der Waals surface area contributed by atoms with Crippen molar-refractivity contribution in [1.82, 2.24) is 5.32 Å². The van der Waals surface area contributed by atoms with Gasteiger partial charge in [-0.3, -0.25) is 0 Å². The first-order valence-corrected chi connectivity index (χ1v) is 7.09. The van der Waals surface area contributed by atoms with Gasteiger partial charge in [-0.2, -0.15) is 0 Å². The number of ether oxygens (including phenoxy) is 2. The third-order valence-electron chi connectivity index (χ3n) is 2.65. The number of rotatable bonds is 9. The Morgan fingerprint density at radius 2 is 1.95 bits per heavy atom. The van der Waals surface area contributed by atoms with Gasteiger partial charge in [0.25, 0.3) is 0 Å². The third kappa shape index (κ3) is 7.20. The van der Waals surface area contributed by atoms with E-state index in [-0.39, 0.29) is 18.4 Å². The van der Waals surface area contributed by atoms with Gasteiger partial charge in [0, 0.05) is 6.54 Å². The minimum absolute atomic E-state index is 0. The number of benzene rings is 1. The molecule has 0 aliphatic rings. The van der Waals surface area contributed by atoms with Crippen LogP contribution < -0.4 is 15.8 Å². The van der Waals surface area contributed by atoms with Crippen molar-refractivity contribution in [3.8, 4) is 5.75 Å². The largest absolute Gasteiger partial charge is 0.491 e. The predicted molar refractivity (Wildman–Crippen MR) is 87.3 cm³/mol. The summed E-state index contributed by atoms with van der Waals surface area (Å²) in [4.78, 5) is 11.9. The maximum absolute atomic E-state index is 11.9. The van der Waals surface area contributed by atoms with Gasteiger partial charge in [0.2, 0.25) is 0 Å². The highest BCUT2D eigenvalue weighted by Gasteiger charge is 2.10. The number of esters is 1. The van der Waals surface area contributed by atoms with Gasteiger partial charge in [0.05, 0.1) is 17.9 Å². The van der Waals surface area contributed by atoms with Gasteiger partial charge in [0.15, 0.2) is 0 Å². The first kappa shape index (κ1) is 19.5. The highest BCUT2D eigenvalue weighted by Crippen LogP contribution is 2.23. The average molecular weight is 317 g/mol. The van der Waals surface area contributed by atoms with Gasteiger partial charge < -0.3 is 20.5 Å². The van der Waals surface area contributed by atoms with Crippen molar-refractivity contribution in [3.63, 3.8) is 0 Å². The Kier molecular flexibility index (Phi) is 10.4. The van der Waals surface area contributed by atoms with Crippen LogP contribution in [0.25, 0.3) is 0 Å². The zero-order valence-electron chi connectivity index (χ0n) is 12.7. The predicted octanol–water partition coefficient (Wildman–Crippen LogP) is 2.64. The van der Waals surface area contributed by atoms with Crippen LogP contribution in [0.15, 0.2) is 18.2 Å². The van der Waals surface area contributed by atoms with Crippen molar-refractivity contribution in [2.75, 3.05) is 32.0 Å². The fourth-order valence-electron chi connectivity index (χ4n) is 1.60. The molecule has 0 heterocycles. The Bertz CT molecular complexity index is 427. The Morgan fingerprint density at radius 1 is 1.19 bits per heavy atom. The lowest BCUT2D eigenvalue weighted by atomic mass is 10.2. The molecule has 120 valence electrons. The van der Waals surface area contributed by atoms with E-state index in [1.165, 1.54) is 0 Å². The standard InChI is InChI=1S/C15H24N2O3.ClH/c1-3-7-17-8-10-20-15(18)12-5-6-13(16)14(11-12)19-9-4-2;/h5-6,11,17H,3-4,7-10,16H2,1-2H3;1H. The number of nitrogens with one attached hydrogen (secondary N) is 1. The fraction of sp³-hybridized carbons (Fsp3) is 0.533. The van der Waals surface area contributed by atoms with Gasteiger partial charge in [0.1, 0.15) is 12.4 Å². The Hall–Kier alpha value is -1.46. The maximum atomic E-state index is 11.9. The molecule has 0 aliphatic carbocycles. The average Bonchev–Trinajstić information content (AvgIpc) is 2.46. The lowest BCUT2D eigenvalue weighted by Crippen LogP contribution is -2.22. The van der Waals surface area contributed by atoms with Gasteiger partial charge in [-0.1, -0.05) is 13.8 Å². The molecule has 0 amide bonds. The minimum atomic E-state index is -0.357. The number of carbonyl (C=O) groups is 1. The van der Waals surface area contributed by atoms with E-state index in [4.69, 9.17) is 15.2 Å². The van der Waals surface area contributed by atoms with E-state index < -0.39 is 0 Å². The van der Waals surface area contributed by atoms with E-state index in [9.17, 15) is 4.79 Å². The molecular formula is C15H25ClN2O3. The molecule has 0 aromatic heterocycles. The highest BCUT2D eigenvalue weighted by atomic mass is 35.5. The summed E-state index contributed by atoms with van der Waals surface area (Å²) in [5.41, 5.74) is 6.78. The molecule has 6 heteroatoms. The van der Waals surface area contributed by atoms with Gasteiger partial charge in [-0.05, 0) is 37.6 Å². The van der Waals surface area contributed by atoms with E-state index in [2.05, 4.69) is 12.2 Å². The molecular weight excluding hydrogens is 292 g/mol. The van der Waals surface area contributed by atoms with Crippen LogP contribution in [0.2, 0.25) is 0 Å². The first-order valence-electron chi connectivity index (χ1n) is 7.09. The molecule has 21 heavy (non-hydrogen) atoms. The van der Waals surface area contributed by atoms with Gasteiger partial charge >= 0.3 is 5.97 Å². The van der Waals surface area contributed by atoms with Crippen LogP contribution in [0.4, 0.5) is 5.69 Å². The molecule has 0 fully saturated rings. The molecule has 0 atom stereocenters. The van der Waals surface area contributed by atoms with Crippen LogP contribution in [0, 0.1) is 0 Å². The molecule has 0 spiro atoms. The van der Waals surface area contributed by atoms with Crippen LogP contribution >= 0.6 is 12.4 Å². The van der Waals surface area contributed by atoms with Crippen LogP contribution in [-0.4, -0.2) is 32.3 Å². The Balaban J connectivity index is 0.00000400. The molecule has 0 radical (unpaired) electrons. The van der Waals surface area contributed by atoms with Crippen molar-refractivity contribution in [2.24, 2.45) is 0 Å². The molecule has 0 saturated carbocycles. The van der Waals surface area contributed by atoms with E-state index in [1.807, 2.05) is 6.92 Å². The number of halogens is 1. The molecule has 0 unspecified atom stereocenters. The van der Waals surface area contributed by atoms with Crippen molar-refractivity contribution in [3.05, 3.63) is 23.8 Å². The van der Waals surface area contributed by atoms with E-state index >= 15 is 0 Å². The van der Waals surface area contributed by atoms with Gasteiger partial charge in [-0.15, -0.1) is 12.4 Å². The minimum Gasteiger partial charge on any atom is -0.491 e. The second kappa shape index (κ2) is 11.2. The second-order valence-electron chi connectivity index (χ2n) is 4.49. The van der Waals surface area contributed by atoms with Crippen molar-refractivity contribution >= 4 is 24.1 Å². The van der Waals surface area contributed by atoms with Crippen LogP contribution in [0.1, 0.15) is 37.0 Å². The summed E-state index contributed by atoms with van der Waals surface area (Å²) in [6.07, 6.45) is 1.95. The molecule has 1 aromatic rings. The van der Waals surface area contributed by atoms with Crippen LogP contribution in [-0.2, 0) is 4.74 Å². The molecule has 0 aliphatic heterocycles. The zero-order valence-corrected chi connectivity index (χ0v) is 13.5. The summed E-state index contributed by atoms with van der Waals surface area (Å²) in [5.74, 6) is 0.176. The number of nitrogens with two attached hydrogens (primary N) is 1. The first-order chi connectivity index (χ1) is 9.69. The van der Waals surface area contributed by atoms with E-state index in [0.717, 1.165) is 19.4 Å².